The van der Waals surface area contributed by atoms with Gasteiger partial charge in [0.25, 0.3) is 0 Å². The number of nitrogens with one attached hydrogen (secondary N) is 4. The molecule has 1 saturated carbocycles. The first-order chi connectivity index (χ1) is 12.1. The number of hydrogen-bond acceptors (Lipinski definition) is 8. The molecule has 9 nitrogen and oxygen atoms in total. The maximum Gasteiger partial charge on any atom is 0.413 e. The number of fused-ring (bicyclic) bond motifs is 1. The Balaban J connectivity index is 1.51. The van der Waals surface area contributed by atoms with E-state index in [-0.39, 0.29) is 35.9 Å². The van der Waals surface area contributed by atoms with E-state index < -0.39 is 17.9 Å². The molecule has 5 atom stereocenters. The van der Waals surface area contributed by atoms with Gasteiger partial charge in [0, 0.05) is 5.92 Å². The third-order valence-corrected chi connectivity index (χ3v) is 6.13. The summed E-state index contributed by atoms with van der Waals surface area (Å²) < 4.78 is 4.73. The van der Waals surface area contributed by atoms with E-state index in [1.54, 1.807) is 6.92 Å². The summed E-state index contributed by atoms with van der Waals surface area (Å²) in [6, 6.07) is 0.372. The number of amides is 3. The van der Waals surface area contributed by atoms with Gasteiger partial charge in [0.05, 0.1) is 30.0 Å². The van der Waals surface area contributed by atoms with Crippen molar-refractivity contribution in [2.75, 3.05) is 12.4 Å². The zero-order chi connectivity index (χ0) is 17.8. The Labute approximate surface area is 150 Å². The minimum Gasteiger partial charge on any atom is -0.450 e. The molecule has 2 aliphatic heterocycles. The average molecular weight is 372 g/mol. The van der Waals surface area contributed by atoms with Crippen molar-refractivity contribution in [1.29, 1.82) is 0 Å². The first kappa shape index (κ1) is 18.4. The summed E-state index contributed by atoms with van der Waals surface area (Å²) >= 11 is 1.53. The summed E-state index contributed by atoms with van der Waals surface area (Å²) in [5, 5.41) is 4.91. The third-order valence-electron chi connectivity index (χ3n) is 4.86. The first-order valence-electron chi connectivity index (χ1n) is 8.65. The maximum absolute atomic E-state index is 12.6. The largest absolute Gasteiger partial charge is 0.450 e. The van der Waals surface area contributed by atoms with Gasteiger partial charge in [0.2, 0.25) is 11.8 Å². The van der Waals surface area contributed by atoms with E-state index in [1.807, 2.05) is 0 Å². The Morgan fingerprint density at radius 3 is 2.76 bits per heavy atom. The summed E-state index contributed by atoms with van der Waals surface area (Å²) in [6.45, 7) is 1.88. The van der Waals surface area contributed by atoms with Gasteiger partial charge in [-0.1, -0.05) is 0 Å². The standard InChI is InChI=1S/C15H24N4O5S/c1-2-23-15(22)17-13(21)9-5-6-25-14(9)16-12(20)8-3-4-10-11(7-8)19-24-18-10/h8-11,14,18-19H,2-7H2,1H3,(H,16,20)(H,17,21,22). The minimum absolute atomic E-state index is 0.0412. The van der Waals surface area contributed by atoms with Gasteiger partial charge in [-0.3, -0.25) is 14.9 Å². The van der Waals surface area contributed by atoms with Gasteiger partial charge in [-0.2, -0.15) is 11.0 Å². The van der Waals surface area contributed by atoms with Crippen LogP contribution in [-0.2, 0) is 19.3 Å². The van der Waals surface area contributed by atoms with Crippen LogP contribution in [-0.4, -0.2) is 47.7 Å². The van der Waals surface area contributed by atoms with Crippen LogP contribution in [0, 0.1) is 11.8 Å². The molecule has 0 aromatic heterocycles. The topological polar surface area (TPSA) is 118 Å². The number of ether oxygens (including phenoxy) is 1. The van der Waals surface area contributed by atoms with Gasteiger partial charge in [0.15, 0.2) is 0 Å². The molecule has 5 unspecified atom stereocenters. The molecule has 0 radical (unpaired) electrons. The Kier molecular flexibility index (Phi) is 6.15. The molecule has 140 valence electrons. The lowest BCUT2D eigenvalue weighted by molar-refractivity contribution is -0.128. The number of hydroxylamine groups is 2. The second kappa shape index (κ2) is 8.35. The van der Waals surface area contributed by atoms with Gasteiger partial charge < -0.3 is 10.1 Å². The number of hydrogen-bond donors (Lipinski definition) is 4. The molecule has 0 aromatic rings. The van der Waals surface area contributed by atoms with Crippen LogP contribution in [0.25, 0.3) is 0 Å². The monoisotopic (exact) mass is 372 g/mol. The molecule has 2 heterocycles. The SMILES string of the molecule is CCOC(=O)NC(=O)C1CCSC1NC(=O)C1CCC2NONC2C1. The lowest BCUT2D eigenvalue weighted by Gasteiger charge is -2.30. The second-order valence-electron chi connectivity index (χ2n) is 6.47. The van der Waals surface area contributed by atoms with Crippen molar-refractivity contribution in [3.8, 4) is 0 Å². The summed E-state index contributed by atoms with van der Waals surface area (Å²) in [5.41, 5.74) is 5.78. The number of thioether (sulfide) groups is 1. The fraction of sp³-hybridized carbons (Fsp3) is 0.800. The van der Waals surface area contributed by atoms with Crippen LogP contribution >= 0.6 is 11.8 Å². The van der Waals surface area contributed by atoms with E-state index in [2.05, 4.69) is 21.6 Å². The van der Waals surface area contributed by atoms with Crippen molar-refractivity contribution in [3.63, 3.8) is 0 Å². The Hall–Kier alpha value is -1.36. The van der Waals surface area contributed by atoms with Crippen LogP contribution in [0.4, 0.5) is 4.79 Å². The maximum atomic E-state index is 12.6. The molecule has 1 aliphatic carbocycles. The second-order valence-corrected chi connectivity index (χ2v) is 7.72. The predicted molar refractivity (Wildman–Crippen MR) is 89.9 cm³/mol. The van der Waals surface area contributed by atoms with Crippen molar-refractivity contribution in [2.45, 2.75) is 50.1 Å². The molecule has 25 heavy (non-hydrogen) atoms. The van der Waals surface area contributed by atoms with Crippen LogP contribution in [0.1, 0.15) is 32.6 Å². The van der Waals surface area contributed by atoms with Crippen molar-refractivity contribution >= 4 is 29.7 Å². The third kappa shape index (κ3) is 4.43. The fourth-order valence-electron chi connectivity index (χ4n) is 3.48. The Bertz CT molecular complexity index is 534. The van der Waals surface area contributed by atoms with Gasteiger partial charge in [-0.15, -0.1) is 11.8 Å². The molecule has 0 bridgehead atoms. The highest BCUT2D eigenvalue weighted by Gasteiger charge is 2.40. The number of alkyl carbamates (subject to hydrolysis) is 1. The molecule has 0 aromatic carbocycles. The smallest absolute Gasteiger partial charge is 0.413 e. The van der Waals surface area contributed by atoms with E-state index >= 15 is 0 Å². The zero-order valence-electron chi connectivity index (χ0n) is 14.1. The summed E-state index contributed by atoms with van der Waals surface area (Å²) in [6.07, 6.45) is 2.21. The van der Waals surface area contributed by atoms with E-state index in [0.29, 0.717) is 12.8 Å². The van der Waals surface area contributed by atoms with Crippen LogP contribution in [0.5, 0.6) is 0 Å². The van der Waals surface area contributed by atoms with Crippen LogP contribution in [0.2, 0.25) is 0 Å². The van der Waals surface area contributed by atoms with Gasteiger partial charge in [0.1, 0.15) is 0 Å². The molecule has 3 aliphatic rings. The molecule has 4 N–H and O–H groups in total. The lowest BCUT2D eigenvalue weighted by atomic mass is 9.82. The molecule has 2 saturated heterocycles. The van der Waals surface area contributed by atoms with E-state index in [0.717, 1.165) is 18.6 Å². The quantitative estimate of drug-likeness (QED) is 0.546. The van der Waals surface area contributed by atoms with E-state index in [1.165, 1.54) is 11.8 Å². The molecule has 10 heteroatoms. The molecular formula is C15H24N4O5S. The minimum atomic E-state index is -0.743. The number of rotatable bonds is 4. The van der Waals surface area contributed by atoms with Gasteiger partial charge in [-0.05, 0) is 38.4 Å². The number of carbonyl (C=O) groups is 3. The first-order valence-corrected chi connectivity index (χ1v) is 9.69. The highest BCUT2D eigenvalue weighted by atomic mass is 32.2. The lowest BCUT2D eigenvalue weighted by Crippen LogP contribution is -2.48. The zero-order valence-corrected chi connectivity index (χ0v) is 14.9. The van der Waals surface area contributed by atoms with Gasteiger partial charge in [-0.25, -0.2) is 9.73 Å². The van der Waals surface area contributed by atoms with Crippen molar-refractivity contribution < 1.29 is 24.1 Å². The van der Waals surface area contributed by atoms with E-state index in [9.17, 15) is 14.4 Å². The van der Waals surface area contributed by atoms with Crippen molar-refractivity contribution in [1.82, 2.24) is 21.6 Å². The fourth-order valence-corrected chi connectivity index (χ4v) is 4.82. The number of carbonyl (C=O) groups excluding carboxylic acids is 3. The molecule has 3 rings (SSSR count). The van der Waals surface area contributed by atoms with Crippen LogP contribution < -0.4 is 21.6 Å². The molecular weight excluding hydrogens is 348 g/mol. The van der Waals surface area contributed by atoms with Crippen LogP contribution in [0.3, 0.4) is 0 Å². The Morgan fingerprint density at radius 2 is 1.96 bits per heavy atom. The molecule has 3 fully saturated rings. The number of imide groups is 1. The highest BCUT2D eigenvalue weighted by Crippen LogP contribution is 2.32. The molecule has 3 amide bonds. The van der Waals surface area contributed by atoms with Crippen LogP contribution in [0.15, 0.2) is 0 Å². The highest BCUT2D eigenvalue weighted by molar-refractivity contribution is 8.00. The summed E-state index contributed by atoms with van der Waals surface area (Å²) in [4.78, 5) is 41.3. The van der Waals surface area contributed by atoms with Crippen molar-refractivity contribution in [3.05, 3.63) is 0 Å². The molecule has 0 spiro atoms. The average Bonchev–Trinajstić information content (AvgIpc) is 3.22. The Morgan fingerprint density at radius 1 is 1.16 bits per heavy atom. The normalized spacial score (nSPS) is 34.2. The predicted octanol–water partition coefficient (Wildman–Crippen LogP) is 0.0312. The summed E-state index contributed by atoms with van der Waals surface area (Å²) in [5.74, 6) is -0.204. The van der Waals surface area contributed by atoms with E-state index in [4.69, 9.17) is 9.68 Å². The van der Waals surface area contributed by atoms with Gasteiger partial charge >= 0.3 is 6.09 Å². The summed E-state index contributed by atoms with van der Waals surface area (Å²) in [7, 11) is 0. The van der Waals surface area contributed by atoms with Crippen molar-refractivity contribution in [2.24, 2.45) is 11.8 Å².